The van der Waals surface area contributed by atoms with Crippen LogP contribution in [0.15, 0.2) is 30.3 Å². The lowest BCUT2D eigenvalue weighted by Crippen LogP contribution is -2.36. The smallest absolute Gasteiger partial charge is 0.170 e. The Bertz CT molecular complexity index is 272. The number of rotatable bonds is 1. The molecule has 72 valence electrons. The zero-order valence-corrected chi connectivity index (χ0v) is 7.52. The molecular weight excluding hydrogens is 177 g/mol. The molecule has 1 aromatic carbocycles. The molecule has 0 heterocycles. The average molecular weight is 188 g/mol. The van der Waals surface area contributed by atoms with Crippen LogP contribution in [-0.4, -0.2) is 6.18 Å². The molecule has 0 saturated carbocycles. The van der Waals surface area contributed by atoms with Crippen molar-refractivity contribution in [2.45, 2.75) is 25.4 Å². The van der Waals surface area contributed by atoms with Gasteiger partial charge in [0, 0.05) is 0 Å². The Morgan fingerprint density at radius 3 is 1.77 bits per heavy atom. The summed E-state index contributed by atoms with van der Waals surface area (Å²) in [7, 11) is 0. The van der Waals surface area contributed by atoms with Gasteiger partial charge < -0.3 is 0 Å². The molecule has 13 heavy (non-hydrogen) atoms. The molecule has 0 unspecified atom stereocenters. The quantitative estimate of drug-likeness (QED) is 0.632. The molecule has 3 heteroatoms. The van der Waals surface area contributed by atoms with Crippen LogP contribution in [0.5, 0.6) is 0 Å². The largest absolute Gasteiger partial charge is 0.397 e. The second-order valence-corrected chi connectivity index (χ2v) is 3.49. The number of alkyl halides is 3. The Kier molecular flexibility index (Phi) is 2.37. The van der Waals surface area contributed by atoms with Crippen molar-refractivity contribution in [3.05, 3.63) is 35.9 Å². The summed E-state index contributed by atoms with van der Waals surface area (Å²) >= 11 is 0. The van der Waals surface area contributed by atoms with Gasteiger partial charge in [0.25, 0.3) is 0 Å². The van der Waals surface area contributed by atoms with Crippen LogP contribution in [0.2, 0.25) is 0 Å². The first-order valence-corrected chi connectivity index (χ1v) is 3.98. The van der Waals surface area contributed by atoms with Crippen molar-refractivity contribution in [2.24, 2.45) is 0 Å². The van der Waals surface area contributed by atoms with E-state index in [9.17, 15) is 13.2 Å². The van der Waals surface area contributed by atoms with Crippen molar-refractivity contribution in [2.75, 3.05) is 0 Å². The molecule has 1 rings (SSSR count). The third kappa shape index (κ3) is 1.85. The fourth-order valence-electron chi connectivity index (χ4n) is 1.02. The Hall–Kier alpha value is -0.990. The predicted octanol–water partition coefficient (Wildman–Crippen LogP) is 3.53. The predicted molar refractivity (Wildman–Crippen MR) is 45.5 cm³/mol. The highest BCUT2D eigenvalue weighted by atomic mass is 19.4. The topological polar surface area (TPSA) is 0 Å². The van der Waals surface area contributed by atoms with E-state index in [1.807, 2.05) is 0 Å². The monoisotopic (exact) mass is 188 g/mol. The van der Waals surface area contributed by atoms with Crippen molar-refractivity contribution in [3.63, 3.8) is 0 Å². The number of halogens is 3. The summed E-state index contributed by atoms with van der Waals surface area (Å²) < 4.78 is 37.6. The molecule has 0 N–H and O–H groups in total. The first kappa shape index (κ1) is 10.1. The first-order chi connectivity index (χ1) is 5.86. The molecule has 0 bridgehead atoms. The third-order valence-electron chi connectivity index (χ3n) is 2.20. The van der Waals surface area contributed by atoms with Crippen LogP contribution in [0.3, 0.4) is 0 Å². The highest BCUT2D eigenvalue weighted by Crippen LogP contribution is 2.39. The van der Waals surface area contributed by atoms with Crippen molar-refractivity contribution in [1.29, 1.82) is 0 Å². The van der Waals surface area contributed by atoms with Crippen molar-refractivity contribution < 1.29 is 13.2 Å². The first-order valence-electron chi connectivity index (χ1n) is 3.98. The summed E-state index contributed by atoms with van der Waals surface area (Å²) in [6.45, 7) is 2.37. The van der Waals surface area contributed by atoms with E-state index in [0.29, 0.717) is 5.56 Å². The maximum Gasteiger partial charge on any atom is 0.397 e. The van der Waals surface area contributed by atoms with Gasteiger partial charge in [0.2, 0.25) is 0 Å². The maximum absolute atomic E-state index is 12.5. The molecule has 1 aromatic rings. The van der Waals surface area contributed by atoms with Crippen molar-refractivity contribution >= 4 is 0 Å². The van der Waals surface area contributed by atoms with Crippen LogP contribution in [0, 0.1) is 0 Å². The van der Waals surface area contributed by atoms with Crippen LogP contribution in [0.1, 0.15) is 19.4 Å². The summed E-state index contributed by atoms with van der Waals surface area (Å²) in [6.07, 6.45) is -4.20. The van der Waals surface area contributed by atoms with Gasteiger partial charge in [0.05, 0.1) is 5.41 Å². The van der Waals surface area contributed by atoms with Crippen LogP contribution >= 0.6 is 0 Å². The zero-order chi connectivity index (χ0) is 10.1. The second-order valence-electron chi connectivity index (χ2n) is 3.49. The lowest BCUT2D eigenvalue weighted by atomic mass is 9.84. The highest BCUT2D eigenvalue weighted by Gasteiger charge is 2.48. The minimum Gasteiger partial charge on any atom is -0.170 e. The van der Waals surface area contributed by atoms with Gasteiger partial charge in [-0.25, -0.2) is 0 Å². The van der Waals surface area contributed by atoms with Gasteiger partial charge in [0.15, 0.2) is 0 Å². The van der Waals surface area contributed by atoms with Crippen LogP contribution < -0.4 is 0 Å². The van der Waals surface area contributed by atoms with Crippen LogP contribution in [-0.2, 0) is 5.41 Å². The van der Waals surface area contributed by atoms with E-state index in [1.165, 1.54) is 26.0 Å². The van der Waals surface area contributed by atoms with Gasteiger partial charge in [-0.1, -0.05) is 30.3 Å². The van der Waals surface area contributed by atoms with Gasteiger partial charge in [-0.05, 0) is 19.4 Å². The van der Waals surface area contributed by atoms with E-state index in [1.54, 1.807) is 18.2 Å². The molecular formula is C10H11F3. The molecule has 0 fully saturated rings. The summed E-state index contributed by atoms with van der Waals surface area (Å²) in [5, 5.41) is 0. The normalized spacial score (nSPS) is 13.0. The van der Waals surface area contributed by atoms with E-state index >= 15 is 0 Å². The van der Waals surface area contributed by atoms with Crippen LogP contribution in [0.4, 0.5) is 13.2 Å². The molecule has 0 amide bonds. The molecule has 0 aliphatic heterocycles. The van der Waals surface area contributed by atoms with Gasteiger partial charge in [-0.2, -0.15) is 13.2 Å². The van der Waals surface area contributed by atoms with Crippen molar-refractivity contribution in [3.8, 4) is 0 Å². The molecule has 0 aromatic heterocycles. The standard InChI is InChI=1S/C10H11F3/c1-9(2,10(11,12)13)8-6-4-3-5-7-8/h3-7H,1-2H3. The molecule has 0 atom stereocenters. The number of hydrogen-bond donors (Lipinski definition) is 0. The molecule has 0 saturated heterocycles. The van der Waals surface area contributed by atoms with Crippen molar-refractivity contribution in [1.82, 2.24) is 0 Å². The fourth-order valence-corrected chi connectivity index (χ4v) is 1.02. The van der Waals surface area contributed by atoms with Gasteiger partial charge >= 0.3 is 6.18 Å². The minimum absolute atomic E-state index is 0.294. The Labute approximate surface area is 75.4 Å². The molecule has 0 spiro atoms. The number of hydrogen-bond acceptors (Lipinski definition) is 0. The summed E-state index contributed by atoms with van der Waals surface area (Å²) in [5.74, 6) is 0. The van der Waals surface area contributed by atoms with E-state index in [2.05, 4.69) is 0 Å². The van der Waals surface area contributed by atoms with Gasteiger partial charge in [-0.15, -0.1) is 0 Å². The molecule has 0 nitrogen and oxygen atoms in total. The zero-order valence-electron chi connectivity index (χ0n) is 7.52. The lowest BCUT2D eigenvalue weighted by Gasteiger charge is -2.28. The fraction of sp³-hybridized carbons (Fsp3) is 0.400. The Morgan fingerprint density at radius 2 is 1.38 bits per heavy atom. The summed E-state index contributed by atoms with van der Waals surface area (Å²) in [6, 6.07) is 7.92. The second kappa shape index (κ2) is 3.05. The highest BCUT2D eigenvalue weighted by molar-refractivity contribution is 5.25. The van der Waals surface area contributed by atoms with Gasteiger partial charge in [-0.3, -0.25) is 0 Å². The van der Waals surface area contributed by atoms with E-state index in [-0.39, 0.29) is 0 Å². The molecule has 0 aliphatic rings. The van der Waals surface area contributed by atoms with E-state index in [0.717, 1.165) is 0 Å². The minimum atomic E-state index is -4.20. The lowest BCUT2D eigenvalue weighted by molar-refractivity contribution is -0.180. The summed E-state index contributed by atoms with van der Waals surface area (Å²) in [4.78, 5) is 0. The SMILES string of the molecule is CC(C)(c1ccccc1)C(F)(F)F. The molecule has 0 radical (unpaired) electrons. The van der Waals surface area contributed by atoms with E-state index < -0.39 is 11.6 Å². The average Bonchev–Trinajstić information content (AvgIpc) is 2.04. The Morgan fingerprint density at radius 1 is 0.923 bits per heavy atom. The van der Waals surface area contributed by atoms with Crippen LogP contribution in [0.25, 0.3) is 0 Å². The van der Waals surface area contributed by atoms with E-state index in [4.69, 9.17) is 0 Å². The Balaban J connectivity index is 3.08. The van der Waals surface area contributed by atoms with Gasteiger partial charge in [0.1, 0.15) is 0 Å². The molecule has 0 aliphatic carbocycles. The summed E-state index contributed by atoms with van der Waals surface area (Å²) in [5.41, 5.74) is -1.48. The maximum atomic E-state index is 12.5. The number of benzene rings is 1. The third-order valence-corrected chi connectivity index (χ3v) is 2.20.